The van der Waals surface area contributed by atoms with E-state index >= 15 is 0 Å². The molecule has 1 aliphatic heterocycles. The number of ether oxygens (including phenoxy) is 10. The van der Waals surface area contributed by atoms with E-state index in [1.807, 2.05) is 50.2 Å². The summed E-state index contributed by atoms with van der Waals surface area (Å²) in [5.41, 5.74) is 4.48. The average molecular weight is 829 g/mol. The molecule has 1 saturated heterocycles. The van der Waals surface area contributed by atoms with Gasteiger partial charge in [-0.3, -0.25) is 0 Å². The fraction of sp³-hybridized carbons (Fsp3) is 0.520. The van der Waals surface area contributed by atoms with Gasteiger partial charge in [0.05, 0.1) is 66.1 Å². The Bertz CT molecular complexity index is 1770. The minimum atomic E-state index is -0.410. The van der Waals surface area contributed by atoms with Crippen LogP contribution < -0.4 is 18.9 Å². The van der Waals surface area contributed by atoms with Gasteiger partial charge in [0.2, 0.25) is 0 Å². The predicted octanol–water partition coefficient (Wildman–Crippen LogP) is 9.77. The zero-order valence-electron chi connectivity index (χ0n) is 37.1. The summed E-state index contributed by atoms with van der Waals surface area (Å²) >= 11 is 0. The number of hydrogen-bond donors (Lipinski definition) is 0. The van der Waals surface area contributed by atoms with Gasteiger partial charge in [-0.15, -0.1) is 0 Å². The Hall–Kier alpha value is -4.16. The van der Waals surface area contributed by atoms with Gasteiger partial charge in [-0.1, -0.05) is 96.5 Å². The zero-order valence-corrected chi connectivity index (χ0v) is 37.1. The van der Waals surface area contributed by atoms with E-state index in [9.17, 15) is 0 Å². The van der Waals surface area contributed by atoms with E-state index in [0.717, 1.165) is 42.6 Å². The van der Waals surface area contributed by atoms with Crippen LogP contribution in [0.3, 0.4) is 0 Å². The maximum atomic E-state index is 5.98. The van der Waals surface area contributed by atoms with Crippen molar-refractivity contribution >= 4 is 0 Å². The average Bonchev–Trinajstić information content (AvgIpc) is 4.09. The predicted molar refractivity (Wildman–Crippen MR) is 235 cm³/mol. The second-order valence-electron chi connectivity index (χ2n) is 16.4. The number of epoxide rings is 1. The first-order valence-corrected chi connectivity index (χ1v) is 21.5. The molecule has 0 bridgehead atoms. The van der Waals surface area contributed by atoms with Crippen molar-refractivity contribution in [2.24, 2.45) is 5.92 Å². The highest BCUT2D eigenvalue weighted by Gasteiger charge is 2.26. The van der Waals surface area contributed by atoms with Crippen molar-refractivity contribution < 1.29 is 47.4 Å². The van der Waals surface area contributed by atoms with Gasteiger partial charge < -0.3 is 47.4 Å². The van der Waals surface area contributed by atoms with Crippen LogP contribution in [0.1, 0.15) is 84.1 Å². The van der Waals surface area contributed by atoms with Gasteiger partial charge in [-0.05, 0) is 90.6 Å². The van der Waals surface area contributed by atoms with Gasteiger partial charge in [0.25, 0.3) is 0 Å². The van der Waals surface area contributed by atoms with Gasteiger partial charge in [0.15, 0.2) is 12.6 Å². The van der Waals surface area contributed by atoms with E-state index in [0.29, 0.717) is 65.4 Å². The molecule has 0 aromatic heterocycles. The molecular weight excluding hydrogens is 761 g/mol. The van der Waals surface area contributed by atoms with Crippen molar-refractivity contribution in [2.75, 3.05) is 72.7 Å². The van der Waals surface area contributed by atoms with E-state index in [1.54, 1.807) is 0 Å². The molecule has 60 heavy (non-hydrogen) atoms. The van der Waals surface area contributed by atoms with E-state index in [-0.39, 0.29) is 16.9 Å². The lowest BCUT2D eigenvalue weighted by Gasteiger charge is -2.27. The Kier molecular flexibility index (Phi) is 18.6. The second kappa shape index (κ2) is 23.7. The van der Waals surface area contributed by atoms with Gasteiger partial charge in [-0.2, -0.15) is 0 Å². The molecule has 0 N–H and O–H groups in total. The van der Waals surface area contributed by atoms with Crippen molar-refractivity contribution in [2.45, 2.75) is 91.3 Å². The first-order chi connectivity index (χ1) is 28.9. The summed E-state index contributed by atoms with van der Waals surface area (Å²) in [7, 11) is 0. The standard InChI is InChI=1S/C50H68O10/c1-9-37(2)34-56-44-18-10-40(11-19-44)49(5,6)42-14-22-46(23-15-42)59-38(3)54-32-30-52-28-26-51-27-29-53-31-33-55-39(4)60-47-24-16-43(17-25-47)50(7,8)41-12-20-45(21-13-41)57-35-48-36-58-48/h10-25,37-39,48H,9,26-36H2,1-8H3. The Labute approximate surface area is 358 Å². The number of rotatable bonds is 29. The summed E-state index contributed by atoms with van der Waals surface area (Å²) in [6, 6.07) is 33.1. The molecule has 4 unspecified atom stereocenters. The van der Waals surface area contributed by atoms with E-state index in [2.05, 4.69) is 102 Å². The summed E-state index contributed by atoms with van der Waals surface area (Å²) in [5, 5.41) is 0. The second-order valence-corrected chi connectivity index (χ2v) is 16.4. The van der Waals surface area contributed by atoms with Crippen LogP contribution in [0, 0.1) is 5.92 Å². The summed E-state index contributed by atoms with van der Waals surface area (Å²) in [4.78, 5) is 0. The van der Waals surface area contributed by atoms with Crippen LogP contribution in [0.4, 0.5) is 0 Å². The lowest BCUT2D eigenvalue weighted by Crippen LogP contribution is -2.21. The molecule has 5 rings (SSSR count). The van der Waals surface area contributed by atoms with E-state index < -0.39 is 12.6 Å². The Morgan fingerprint density at radius 2 is 0.833 bits per heavy atom. The van der Waals surface area contributed by atoms with Crippen LogP contribution >= 0.6 is 0 Å². The molecule has 4 aromatic rings. The summed E-state index contributed by atoms with van der Waals surface area (Å²) < 4.78 is 57.4. The quantitative estimate of drug-likeness (QED) is 0.0299. The topological polar surface area (TPSA) is 95.6 Å². The highest BCUT2D eigenvalue weighted by Crippen LogP contribution is 2.35. The molecule has 10 nitrogen and oxygen atoms in total. The van der Waals surface area contributed by atoms with Gasteiger partial charge in [0.1, 0.15) is 35.7 Å². The van der Waals surface area contributed by atoms with Crippen LogP contribution in [-0.2, 0) is 39.3 Å². The Morgan fingerprint density at radius 3 is 1.18 bits per heavy atom. The molecule has 4 aromatic carbocycles. The third-order valence-corrected chi connectivity index (χ3v) is 10.9. The van der Waals surface area contributed by atoms with Crippen LogP contribution in [0.2, 0.25) is 0 Å². The first-order valence-electron chi connectivity index (χ1n) is 21.5. The number of hydrogen-bond acceptors (Lipinski definition) is 10. The molecule has 0 aliphatic carbocycles. The van der Waals surface area contributed by atoms with Crippen molar-refractivity contribution in [1.82, 2.24) is 0 Å². The molecule has 0 radical (unpaired) electrons. The lowest BCUT2D eigenvalue weighted by molar-refractivity contribution is -0.0902. The van der Waals surface area contributed by atoms with E-state index in [4.69, 9.17) is 47.4 Å². The van der Waals surface area contributed by atoms with Crippen LogP contribution in [0.25, 0.3) is 0 Å². The minimum Gasteiger partial charge on any atom is -0.493 e. The van der Waals surface area contributed by atoms with Crippen molar-refractivity contribution in [1.29, 1.82) is 0 Å². The molecule has 1 heterocycles. The zero-order chi connectivity index (χ0) is 42.8. The monoisotopic (exact) mass is 828 g/mol. The molecule has 4 atom stereocenters. The smallest absolute Gasteiger partial charge is 0.197 e. The van der Waals surface area contributed by atoms with Gasteiger partial charge >= 0.3 is 0 Å². The molecule has 328 valence electrons. The maximum Gasteiger partial charge on any atom is 0.197 e. The molecule has 1 aliphatic rings. The normalized spacial score (nSPS) is 15.6. The highest BCUT2D eigenvalue weighted by molar-refractivity contribution is 5.43. The first kappa shape index (κ1) is 46.9. The van der Waals surface area contributed by atoms with Crippen LogP contribution in [-0.4, -0.2) is 91.4 Å². The summed E-state index contributed by atoms with van der Waals surface area (Å²) in [6.07, 6.45) is 0.537. The Morgan fingerprint density at radius 1 is 0.500 bits per heavy atom. The Balaban J connectivity index is 0.847. The van der Waals surface area contributed by atoms with Crippen LogP contribution in [0.5, 0.6) is 23.0 Å². The van der Waals surface area contributed by atoms with Gasteiger partial charge in [0, 0.05) is 10.8 Å². The molecule has 1 fully saturated rings. The third-order valence-electron chi connectivity index (χ3n) is 10.9. The fourth-order valence-corrected chi connectivity index (χ4v) is 6.42. The maximum absolute atomic E-state index is 5.98. The molecular formula is C50H68O10. The van der Waals surface area contributed by atoms with E-state index in [1.165, 1.54) is 22.3 Å². The third kappa shape index (κ3) is 15.4. The SMILES string of the molecule is CCC(C)COc1ccc(C(C)(C)c2ccc(OC(C)OCCOCCOCCOCCOC(C)Oc3ccc(C(C)(C)c4ccc(OCC5CO5)cc4)cc3)cc2)cc1. The highest BCUT2D eigenvalue weighted by atomic mass is 16.7. The summed E-state index contributed by atoms with van der Waals surface area (Å²) in [5.74, 6) is 3.82. The molecule has 0 amide bonds. The largest absolute Gasteiger partial charge is 0.493 e. The van der Waals surface area contributed by atoms with Crippen molar-refractivity contribution in [3.63, 3.8) is 0 Å². The van der Waals surface area contributed by atoms with Crippen molar-refractivity contribution in [3.8, 4) is 23.0 Å². The lowest BCUT2D eigenvalue weighted by atomic mass is 9.78. The van der Waals surface area contributed by atoms with Gasteiger partial charge in [-0.25, -0.2) is 0 Å². The molecule has 0 saturated carbocycles. The van der Waals surface area contributed by atoms with Crippen molar-refractivity contribution in [3.05, 3.63) is 119 Å². The minimum absolute atomic E-state index is 0.167. The fourth-order valence-electron chi connectivity index (χ4n) is 6.42. The summed E-state index contributed by atoms with van der Waals surface area (Å²) in [6.45, 7) is 22.8. The molecule has 0 spiro atoms. The van der Waals surface area contributed by atoms with Crippen LogP contribution in [0.15, 0.2) is 97.1 Å². The number of benzene rings is 4. The molecule has 10 heteroatoms.